The molecule has 1 heterocycles. The van der Waals surface area contributed by atoms with E-state index in [9.17, 15) is 20.0 Å². The maximum absolute atomic E-state index is 12.1. The van der Waals surface area contributed by atoms with Crippen LogP contribution >= 0.6 is 0 Å². The average Bonchev–Trinajstić information content (AvgIpc) is 2.63. The van der Waals surface area contributed by atoms with Crippen molar-refractivity contribution in [1.82, 2.24) is 5.01 Å². The Morgan fingerprint density at radius 3 is 2.55 bits per heavy atom. The summed E-state index contributed by atoms with van der Waals surface area (Å²) in [5.74, 6) is -0.347. The van der Waals surface area contributed by atoms with Crippen LogP contribution in [-0.4, -0.2) is 32.4 Å². The summed E-state index contributed by atoms with van der Waals surface area (Å²) in [6.45, 7) is 3.27. The lowest BCUT2D eigenvalue weighted by molar-refractivity contribution is -0.384. The lowest BCUT2D eigenvalue weighted by Crippen LogP contribution is -2.43. The van der Waals surface area contributed by atoms with Gasteiger partial charge in [-0.15, -0.1) is 0 Å². The molecule has 7 nitrogen and oxygen atoms in total. The van der Waals surface area contributed by atoms with Crippen LogP contribution in [0.1, 0.15) is 25.8 Å². The number of hydrogen-bond donors (Lipinski definition) is 1. The standard InChI is InChI=1S/C13H15N3O4/c1-9-8-13(2,18)15(14-9)12(17)7-10-3-5-11(6-4-10)16(19)20/h3-6,18H,7-8H2,1-2H3. The molecule has 0 bridgehead atoms. The van der Waals surface area contributed by atoms with E-state index in [-0.39, 0.29) is 18.0 Å². The topological polar surface area (TPSA) is 96.0 Å². The third-order valence-electron chi connectivity index (χ3n) is 3.06. The van der Waals surface area contributed by atoms with Crippen LogP contribution in [0.2, 0.25) is 0 Å². The Labute approximate surface area is 115 Å². The highest BCUT2D eigenvalue weighted by molar-refractivity contribution is 5.89. The highest BCUT2D eigenvalue weighted by atomic mass is 16.6. The van der Waals surface area contributed by atoms with Crippen molar-refractivity contribution < 1.29 is 14.8 Å². The van der Waals surface area contributed by atoms with Gasteiger partial charge in [0.05, 0.1) is 11.3 Å². The molecule has 1 aromatic rings. The summed E-state index contributed by atoms with van der Waals surface area (Å²) in [5, 5.41) is 25.7. The number of non-ortho nitro benzene ring substituents is 1. The first kappa shape index (κ1) is 14.1. The van der Waals surface area contributed by atoms with Crippen molar-refractivity contribution in [2.45, 2.75) is 32.4 Å². The van der Waals surface area contributed by atoms with Gasteiger partial charge in [0.2, 0.25) is 5.91 Å². The summed E-state index contributed by atoms with van der Waals surface area (Å²) in [6.07, 6.45) is 0.351. The van der Waals surface area contributed by atoms with Crippen molar-refractivity contribution in [1.29, 1.82) is 0 Å². The summed E-state index contributed by atoms with van der Waals surface area (Å²) in [5.41, 5.74) is -0.00600. The molecular weight excluding hydrogens is 262 g/mol. The van der Waals surface area contributed by atoms with Crippen LogP contribution in [0.15, 0.2) is 29.4 Å². The monoisotopic (exact) mass is 277 g/mol. The van der Waals surface area contributed by atoms with Gasteiger partial charge in [-0.2, -0.15) is 5.10 Å². The van der Waals surface area contributed by atoms with Crippen LogP contribution in [-0.2, 0) is 11.2 Å². The largest absolute Gasteiger partial charge is 0.369 e. The number of nitro benzene ring substituents is 1. The number of nitro groups is 1. The first-order chi connectivity index (χ1) is 9.29. The lowest BCUT2D eigenvalue weighted by atomic mass is 10.1. The van der Waals surface area contributed by atoms with Gasteiger partial charge in [-0.25, -0.2) is 5.01 Å². The molecule has 1 unspecified atom stereocenters. The fraction of sp³-hybridized carbons (Fsp3) is 0.385. The molecule has 20 heavy (non-hydrogen) atoms. The highest BCUT2D eigenvalue weighted by Crippen LogP contribution is 2.25. The zero-order valence-corrected chi connectivity index (χ0v) is 11.2. The molecule has 0 aromatic heterocycles. The van der Waals surface area contributed by atoms with E-state index in [0.717, 1.165) is 5.01 Å². The second-order valence-corrected chi connectivity index (χ2v) is 5.03. The molecule has 1 aliphatic heterocycles. The van der Waals surface area contributed by atoms with Gasteiger partial charge in [0.15, 0.2) is 5.72 Å². The first-order valence-corrected chi connectivity index (χ1v) is 6.12. The third-order valence-corrected chi connectivity index (χ3v) is 3.06. The van der Waals surface area contributed by atoms with Gasteiger partial charge in [0.25, 0.3) is 5.69 Å². The predicted octanol–water partition coefficient (Wildman–Crippen LogP) is 1.45. The number of carbonyl (C=O) groups is 1. The molecule has 1 N–H and O–H groups in total. The normalized spacial score (nSPS) is 21.8. The molecule has 0 aliphatic carbocycles. The van der Waals surface area contributed by atoms with E-state index in [1.807, 2.05) is 0 Å². The van der Waals surface area contributed by atoms with E-state index in [1.165, 1.54) is 31.2 Å². The van der Waals surface area contributed by atoms with Crippen molar-refractivity contribution in [3.8, 4) is 0 Å². The number of hydrazone groups is 1. The van der Waals surface area contributed by atoms with Gasteiger partial charge in [0, 0.05) is 24.3 Å². The quantitative estimate of drug-likeness (QED) is 0.668. The molecule has 0 spiro atoms. The van der Waals surface area contributed by atoms with E-state index < -0.39 is 10.6 Å². The summed E-state index contributed by atoms with van der Waals surface area (Å²) >= 11 is 0. The minimum absolute atomic E-state index is 0.0248. The SMILES string of the molecule is CC1=NN(C(=O)Cc2ccc([N+](=O)[O-])cc2)C(C)(O)C1. The molecule has 0 saturated carbocycles. The van der Waals surface area contributed by atoms with E-state index in [1.54, 1.807) is 6.92 Å². The smallest absolute Gasteiger partial charge is 0.269 e. The summed E-state index contributed by atoms with van der Waals surface area (Å²) in [4.78, 5) is 22.2. The second-order valence-electron chi connectivity index (χ2n) is 5.03. The Kier molecular flexibility index (Phi) is 3.54. The van der Waals surface area contributed by atoms with E-state index in [0.29, 0.717) is 17.7 Å². The van der Waals surface area contributed by atoms with Crippen molar-refractivity contribution in [3.05, 3.63) is 39.9 Å². The van der Waals surface area contributed by atoms with Crippen molar-refractivity contribution >= 4 is 17.3 Å². The number of nitrogens with zero attached hydrogens (tertiary/aromatic N) is 3. The van der Waals surface area contributed by atoms with Gasteiger partial charge in [-0.05, 0) is 19.4 Å². The lowest BCUT2D eigenvalue weighted by Gasteiger charge is -2.27. The van der Waals surface area contributed by atoms with Crippen LogP contribution in [0, 0.1) is 10.1 Å². The maximum atomic E-state index is 12.1. The fourth-order valence-corrected chi connectivity index (χ4v) is 2.18. The van der Waals surface area contributed by atoms with Crippen molar-refractivity contribution in [3.63, 3.8) is 0 Å². The highest BCUT2D eigenvalue weighted by Gasteiger charge is 2.38. The fourth-order valence-electron chi connectivity index (χ4n) is 2.18. The van der Waals surface area contributed by atoms with Crippen molar-refractivity contribution in [2.24, 2.45) is 5.10 Å². The number of benzene rings is 1. The minimum Gasteiger partial charge on any atom is -0.369 e. The Bertz CT molecular complexity index is 578. The molecule has 0 radical (unpaired) electrons. The number of hydrogen-bond acceptors (Lipinski definition) is 5. The van der Waals surface area contributed by atoms with Gasteiger partial charge >= 0.3 is 0 Å². The second kappa shape index (κ2) is 5.01. The van der Waals surface area contributed by atoms with Crippen LogP contribution in [0.5, 0.6) is 0 Å². The van der Waals surface area contributed by atoms with Crippen LogP contribution in [0.25, 0.3) is 0 Å². The van der Waals surface area contributed by atoms with E-state index in [2.05, 4.69) is 5.10 Å². The molecule has 1 amide bonds. The Morgan fingerprint density at radius 2 is 2.10 bits per heavy atom. The third kappa shape index (κ3) is 2.83. The van der Waals surface area contributed by atoms with Gasteiger partial charge in [-0.3, -0.25) is 14.9 Å². The predicted molar refractivity (Wildman–Crippen MR) is 72.0 cm³/mol. The molecule has 2 rings (SSSR count). The Hall–Kier alpha value is -2.28. The molecule has 7 heteroatoms. The van der Waals surface area contributed by atoms with E-state index >= 15 is 0 Å². The van der Waals surface area contributed by atoms with Crippen LogP contribution in [0.4, 0.5) is 5.69 Å². The van der Waals surface area contributed by atoms with Gasteiger partial charge in [-0.1, -0.05) is 12.1 Å². The van der Waals surface area contributed by atoms with Crippen LogP contribution < -0.4 is 0 Å². The molecular formula is C13H15N3O4. The van der Waals surface area contributed by atoms with E-state index in [4.69, 9.17) is 0 Å². The zero-order valence-electron chi connectivity index (χ0n) is 11.2. The number of aliphatic hydroxyl groups is 1. The Morgan fingerprint density at radius 1 is 1.50 bits per heavy atom. The minimum atomic E-state index is -1.30. The first-order valence-electron chi connectivity index (χ1n) is 6.12. The number of amides is 1. The summed E-state index contributed by atoms with van der Waals surface area (Å²) in [7, 11) is 0. The number of rotatable bonds is 3. The number of carbonyl (C=O) groups excluding carboxylic acids is 1. The average molecular weight is 277 g/mol. The Balaban J connectivity index is 2.10. The summed E-state index contributed by atoms with van der Waals surface area (Å²) in [6, 6.07) is 5.74. The maximum Gasteiger partial charge on any atom is 0.269 e. The van der Waals surface area contributed by atoms with Gasteiger partial charge in [0.1, 0.15) is 0 Å². The molecule has 1 aromatic carbocycles. The van der Waals surface area contributed by atoms with Crippen molar-refractivity contribution in [2.75, 3.05) is 0 Å². The molecule has 1 aliphatic rings. The molecule has 106 valence electrons. The molecule has 0 fully saturated rings. The molecule has 0 saturated heterocycles. The molecule has 1 atom stereocenters. The van der Waals surface area contributed by atoms with Crippen LogP contribution in [0.3, 0.4) is 0 Å². The zero-order chi connectivity index (χ0) is 14.9. The summed E-state index contributed by atoms with van der Waals surface area (Å²) < 4.78 is 0. The van der Waals surface area contributed by atoms with Gasteiger partial charge < -0.3 is 5.11 Å².